The van der Waals surface area contributed by atoms with Crippen LogP contribution in [0, 0.1) is 0 Å². The second kappa shape index (κ2) is 8.00. The summed E-state index contributed by atoms with van der Waals surface area (Å²) in [5.41, 5.74) is 0.967. The van der Waals surface area contributed by atoms with E-state index in [1.54, 1.807) is 6.20 Å². The third kappa shape index (κ3) is 4.77. The van der Waals surface area contributed by atoms with Crippen LogP contribution in [0.4, 0.5) is 0 Å². The average Bonchev–Trinajstić information content (AvgIpc) is 2.60. The number of aliphatic hydroxyl groups excluding tert-OH is 1. The van der Waals surface area contributed by atoms with Crippen LogP contribution in [0.1, 0.15) is 51.7 Å². The zero-order chi connectivity index (χ0) is 19.7. The highest BCUT2D eigenvalue weighted by atomic mass is 28.4. The van der Waals surface area contributed by atoms with Gasteiger partial charge in [-0.25, -0.2) is 0 Å². The molecule has 2 heterocycles. The summed E-state index contributed by atoms with van der Waals surface area (Å²) < 4.78 is 6.64. The van der Waals surface area contributed by atoms with E-state index in [0.717, 1.165) is 35.7 Å². The lowest BCUT2D eigenvalue weighted by Gasteiger charge is -2.42. The molecule has 1 aromatic heterocycles. The average molecular weight is 387 g/mol. The first-order valence-electron chi connectivity index (χ1n) is 10.1. The molecule has 0 spiro atoms. The van der Waals surface area contributed by atoms with E-state index in [9.17, 15) is 5.11 Å². The van der Waals surface area contributed by atoms with Gasteiger partial charge < -0.3 is 14.8 Å². The van der Waals surface area contributed by atoms with Gasteiger partial charge in [0, 0.05) is 29.9 Å². The van der Waals surface area contributed by atoms with Gasteiger partial charge in [-0.15, -0.1) is 0 Å². The van der Waals surface area contributed by atoms with Crippen LogP contribution in [0.3, 0.4) is 0 Å². The third-order valence-corrected chi connectivity index (χ3v) is 10.8. The molecule has 0 unspecified atom stereocenters. The topological polar surface area (TPSA) is 54.4 Å². The molecule has 1 saturated heterocycles. The Morgan fingerprint density at radius 3 is 2.81 bits per heavy atom. The Labute approximate surface area is 164 Å². The molecule has 0 aliphatic carbocycles. The minimum atomic E-state index is -1.76. The molecule has 4 nitrogen and oxygen atoms in total. The van der Waals surface area contributed by atoms with Crippen molar-refractivity contribution in [2.24, 2.45) is 0 Å². The van der Waals surface area contributed by atoms with Crippen molar-refractivity contribution in [3.8, 4) is 0 Å². The number of rotatable bonds is 5. The van der Waals surface area contributed by atoms with Crippen molar-refractivity contribution in [2.45, 2.75) is 76.4 Å². The smallest absolute Gasteiger partial charge is 0.192 e. The standard InChI is InChI=1S/C22H34N2O2Si/c1-22(2,3)27(4,5)26-18-10-12-24-17(13-18)14-21(25)19-8-6-7-16-9-11-23-15-20(16)19/h6-9,11,15,17-18,21,24-25H,10,12-14H2,1-5H3/t17-,18+,21+/m1/s1. The minimum absolute atomic E-state index is 0.225. The number of fused-ring (bicyclic) bond motifs is 1. The zero-order valence-corrected chi connectivity index (χ0v) is 18.3. The fourth-order valence-electron chi connectivity index (χ4n) is 3.67. The van der Waals surface area contributed by atoms with Crippen molar-refractivity contribution in [1.82, 2.24) is 10.3 Å². The number of pyridine rings is 1. The number of piperidine rings is 1. The molecule has 0 bridgehead atoms. The molecule has 1 aliphatic heterocycles. The number of aromatic nitrogens is 1. The predicted molar refractivity (Wildman–Crippen MR) is 114 cm³/mol. The normalized spacial score (nSPS) is 22.7. The summed E-state index contributed by atoms with van der Waals surface area (Å²) in [6.45, 7) is 12.5. The van der Waals surface area contributed by atoms with Gasteiger partial charge in [-0.2, -0.15) is 0 Å². The molecule has 0 amide bonds. The Morgan fingerprint density at radius 2 is 2.07 bits per heavy atom. The van der Waals surface area contributed by atoms with Gasteiger partial charge in [-0.1, -0.05) is 39.0 Å². The van der Waals surface area contributed by atoms with Crippen LogP contribution in [0.25, 0.3) is 10.8 Å². The maximum atomic E-state index is 10.9. The van der Waals surface area contributed by atoms with E-state index in [-0.39, 0.29) is 11.1 Å². The van der Waals surface area contributed by atoms with Crippen molar-refractivity contribution < 1.29 is 9.53 Å². The molecule has 3 rings (SSSR count). The summed E-state index contributed by atoms with van der Waals surface area (Å²) in [6, 6.07) is 8.36. The van der Waals surface area contributed by atoms with Gasteiger partial charge in [0.2, 0.25) is 0 Å². The fourth-order valence-corrected chi connectivity index (χ4v) is 5.07. The fraction of sp³-hybridized carbons (Fsp3) is 0.591. The maximum absolute atomic E-state index is 10.9. The lowest BCUT2D eigenvalue weighted by molar-refractivity contribution is 0.0946. The molecule has 1 fully saturated rings. The molecule has 5 heteroatoms. The van der Waals surface area contributed by atoms with Crippen LogP contribution >= 0.6 is 0 Å². The number of nitrogens with zero attached hydrogens (tertiary/aromatic N) is 1. The van der Waals surface area contributed by atoms with Crippen LogP contribution in [0.5, 0.6) is 0 Å². The molecular formula is C22H34N2O2Si. The molecule has 148 valence electrons. The predicted octanol–water partition coefficient (Wildman–Crippen LogP) is 4.80. The first-order valence-corrected chi connectivity index (χ1v) is 13.0. The molecule has 2 N–H and O–H groups in total. The van der Waals surface area contributed by atoms with E-state index in [2.05, 4.69) is 50.2 Å². The Hall–Kier alpha value is -1.27. The first-order chi connectivity index (χ1) is 12.7. The minimum Gasteiger partial charge on any atom is -0.414 e. The summed E-state index contributed by atoms with van der Waals surface area (Å²) in [4.78, 5) is 4.24. The van der Waals surface area contributed by atoms with Gasteiger partial charge >= 0.3 is 0 Å². The Kier molecular flexibility index (Phi) is 6.06. The van der Waals surface area contributed by atoms with Gasteiger partial charge in [0.25, 0.3) is 0 Å². The number of hydrogen-bond donors (Lipinski definition) is 2. The van der Waals surface area contributed by atoms with Gasteiger partial charge in [0.05, 0.1) is 6.10 Å². The van der Waals surface area contributed by atoms with Crippen LogP contribution in [0.2, 0.25) is 18.1 Å². The molecule has 2 aromatic rings. The van der Waals surface area contributed by atoms with E-state index in [1.807, 2.05) is 24.4 Å². The van der Waals surface area contributed by atoms with E-state index >= 15 is 0 Å². The first kappa shape index (κ1) is 20.5. The molecule has 0 saturated carbocycles. The third-order valence-electron chi connectivity index (χ3n) is 6.30. The molecule has 0 radical (unpaired) electrons. The Balaban J connectivity index is 1.67. The van der Waals surface area contributed by atoms with Gasteiger partial charge in [-0.05, 0) is 61.0 Å². The molecule has 1 aromatic carbocycles. The van der Waals surface area contributed by atoms with Crippen molar-refractivity contribution in [3.05, 3.63) is 42.2 Å². The highest BCUT2D eigenvalue weighted by Gasteiger charge is 2.40. The van der Waals surface area contributed by atoms with Crippen molar-refractivity contribution in [2.75, 3.05) is 6.54 Å². The summed E-state index contributed by atoms with van der Waals surface area (Å²) in [6.07, 6.45) is 6.16. The largest absolute Gasteiger partial charge is 0.414 e. The van der Waals surface area contributed by atoms with Gasteiger partial charge in [0.1, 0.15) is 0 Å². The highest BCUT2D eigenvalue weighted by molar-refractivity contribution is 6.74. The van der Waals surface area contributed by atoms with Crippen LogP contribution < -0.4 is 5.32 Å². The molecular weight excluding hydrogens is 352 g/mol. The van der Waals surface area contributed by atoms with E-state index < -0.39 is 14.4 Å². The van der Waals surface area contributed by atoms with E-state index in [0.29, 0.717) is 12.5 Å². The molecule has 3 atom stereocenters. The van der Waals surface area contributed by atoms with Crippen molar-refractivity contribution >= 4 is 19.1 Å². The highest BCUT2D eigenvalue weighted by Crippen LogP contribution is 2.38. The van der Waals surface area contributed by atoms with Crippen LogP contribution in [-0.4, -0.2) is 37.1 Å². The Morgan fingerprint density at radius 1 is 1.30 bits per heavy atom. The number of aliphatic hydroxyl groups is 1. The summed E-state index contributed by atoms with van der Waals surface area (Å²) in [5, 5.41) is 16.9. The number of benzene rings is 1. The van der Waals surface area contributed by atoms with Crippen molar-refractivity contribution in [1.29, 1.82) is 0 Å². The molecule has 27 heavy (non-hydrogen) atoms. The van der Waals surface area contributed by atoms with Crippen LogP contribution in [0.15, 0.2) is 36.7 Å². The number of hydrogen-bond acceptors (Lipinski definition) is 4. The maximum Gasteiger partial charge on any atom is 0.192 e. The quantitative estimate of drug-likeness (QED) is 0.725. The lowest BCUT2D eigenvalue weighted by Crippen LogP contribution is -2.49. The zero-order valence-electron chi connectivity index (χ0n) is 17.3. The lowest BCUT2D eigenvalue weighted by atomic mass is 9.92. The van der Waals surface area contributed by atoms with E-state index in [1.165, 1.54) is 0 Å². The van der Waals surface area contributed by atoms with E-state index in [4.69, 9.17) is 4.43 Å². The summed E-state index contributed by atoms with van der Waals surface area (Å²) >= 11 is 0. The SMILES string of the molecule is CC(C)(C)[Si](C)(C)O[C@H]1CCN[C@@H](C[C@H](O)c2cccc3ccncc23)C1. The molecule has 1 aliphatic rings. The van der Waals surface area contributed by atoms with Crippen LogP contribution in [-0.2, 0) is 4.43 Å². The monoisotopic (exact) mass is 386 g/mol. The number of nitrogens with one attached hydrogen (secondary N) is 1. The van der Waals surface area contributed by atoms with Gasteiger partial charge in [0.15, 0.2) is 8.32 Å². The van der Waals surface area contributed by atoms with Crippen molar-refractivity contribution in [3.63, 3.8) is 0 Å². The second-order valence-corrected chi connectivity index (χ2v) is 14.1. The van der Waals surface area contributed by atoms with Gasteiger partial charge in [-0.3, -0.25) is 4.98 Å². The second-order valence-electron chi connectivity index (χ2n) is 9.37. The Bertz CT molecular complexity index is 767. The summed E-state index contributed by atoms with van der Waals surface area (Å²) in [5.74, 6) is 0. The summed E-state index contributed by atoms with van der Waals surface area (Å²) in [7, 11) is -1.76.